The largest absolute Gasteiger partial charge is 0.464 e. The van der Waals surface area contributed by atoms with E-state index in [2.05, 4.69) is 29.4 Å². The van der Waals surface area contributed by atoms with Gasteiger partial charge in [0.2, 0.25) is 5.91 Å². The summed E-state index contributed by atoms with van der Waals surface area (Å²) in [6.45, 7) is 4.71. The molecule has 0 aliphatic heterocycles. The topological polar surface area (TPSA) is 120 Å². The standard InChI is InChI=1S/C26H50N4O3/c1-3-5-6-7-8-9-10-11-12-13-14-15-16-17-18-21-24(31)30-23(25(32)33-4-2)20-19-22-29-26(27)28/h11-12,23H,3-10,13-22H2,1-2H3,(H,30,31)(H4,27,28,29)/b12-11-/t23-/m0/s1. The lowest BCUT2D eigenvalue weighted by atomic mass is 10.1. The number of unbranched alkanes of at least 4 members (excludes halogenated alkanes) is 11. The normalized spacial score (nSPS) is 11.9. The smallest absolute Gasteiger partial charge is 0.328 e. The van der Waals surface area contributed by atoms with Gasteiger partial charge in [0.05, 0.1) is 6.61 Å². The van der Waals surface area contributed by atoms with Crippen molar-refractivity contribution in [2.75, 3.05) is 13.2 Å². The van der Waals surface area contributed by atoms with Crippen LogP contribution >= 0.6 is 0 Å². The molecule has 5 N–H and O–H groups in total. The summed E-state index contributed by atoms with van der Waals surface area (Å²) in [4.78, 5) is 28.2. The number of nitrogens with one attached hydrogen (secondary N) is 1. The lowest BCUT2D eigenvalue weighted by Gasteiger charge is -2.17. The number of nitrogens with two attached hydrogens (primary N) is 2. The predicted octanol–water partition coefficient (Wildman–Crippen LogP) is 5.13. The maximum atomic E-state index is 12.2. The average Bonchev–Trinajstić information content (AvgIpc) is 2.78. The number of hydrogen-bond acceptors (Lipinski definition) is 4. The monoisotopic (exact) mass is 466 g/mol. The first-order valence-corrected chi connectivity index (χ1v) is 13.2. The summed E-state index contributed by atoms with van der Waals surface area (Å²) in [6, 6.07) is -0.644. The van der Waals surface area contributed by atoms with Gasteiger partial charge in [0.15, 0.2) is 5.96 Å². The summed E-state index contributed by atoms with van der Waals surface area (Å²) < 4.78 is 5.07. The molecular weight excluding hydrogens is 416 g/mol. The lowest BCUT2D eigenvalue weighted by Crippen LogP contribution is -2.42. The van der Waals surface area contributed by atoms with Gasteiger partial charge in [-0.05, 0) is 51.9 Å². The molecule has 0 aliphatic carbocycles. The van der Waals surface area contributed by atoms with E-state index in [1.54, 1.807) is 6.92 Å². The third-order valence-electron chi connectivity index (χ3n) is 5.52. The SMILES string of the molecule is CCCCCCCC/C=C\CCCCCCCC(=O)N[C@@H](CCCN=C(N)N)C(=O)OCC. The molecule has 0 aromatic heterocycles. The highest BCUT2D eigenvalue weighted by atomic mass is 16.5. The van der Waals surface area contributed by atoms with Crippen molar-refractivity contribution >= 4 is 17.8 Å². The highest BCUT2D eigenvalue weighted by molar-refractivity contribution is 5.84. The van der Waals surface area contributed by atoms with Crippen molar-refractivity contribution in [3.8, 4) is 0 Å². The molecule has 1 amide bonds. The Kier molecular flexibility index (Phi) is 21.7. The highest BCUT2D eigenvalue weighted by Gasteiger charge is 2.21. The number of aliphatic imine (C=N–C) groups is 1. The summed E-state index contributed by atoms with van der Waals surface area (Å²) in [6.07, 6.45) is 22.0. The molecule has 0 saturated heterocycles. The lowest BCUT2D eigenvalue weighted by molar-refractivity contribution is -0.147. The molecule has 0 aromatic carbocycles. The van der Waals surface area contributed by atoms with Gasteiger partial charge in [-0.2, -0.15) is 0 Å². The minimum atomic E-state index is -0.644. The number of carbonyl (C=O) groups is 2. The van der Waals surface area contributed by atoms with Crippen LogP contribution in [0.4, 0.5) is 0 Å². The van der Waals surface area contributed by atoms with E-state index in [0.717, 1.165) is 25.7 Å². The van der Waals surface area contributed by atoms with E-state index >= 15 is 0 Å². The Morgan fingerprint density at radius 3 is 2.00 bits per heavy atom. The second-order valence-corrected chi connectivity index (χ2v) is 8.66. The molecule has 7 nitrogen and oxygen atoms in total. The number of nitrogens with zero attached hydrogens (tertiary/aromatic N) is 1. The molecule has 192 valence electrons. The van der Waals surface area contributed by atoms with Gasteiger partial charge in [-0.1, -0.05) is 70.4 Å². The summed E-state index contributed by atoms with van der Waals surface area (Å²) in [5.74, 6) is -0.483. The first-order valence-electron chi connectivity index (χ1n) is 13.2. The molecule has 0 aromatic rings. The Morgan fingerprint density at radius 1 is 0.848 bits per heavy atom. The van der Waals surface area contributed by atoms with E-state index in [-0.39, 0.29) is 18.5 Å². The van der Waals surface area contributed by atoms with E-state index in [4.69, 9.17) is 16.2 Å². The highest BCUT2D eigenvalue weighted by Crippen LogP contribution is 2.10. The molecule has 7 heteroatoms. The Bertz CT molecular complexity index is 546. The van der Waals surface area contributed by atoms with E-state index in [9.17, 15) is 9.59 Å². The van der Waals surface area contributed by atoms with Gasteiger partial charge in [-0.25, -0.2) is 4.79 Å². The van der Waals surface area contributed by atoms with Crippen LogP contribution in [0.3, 0.4) is 0 Å². The van der Waals surface area contributed by atoms with Gasteiger partial charge >= 0.3 is 5.97 Å². The average molecular weight is 467 g/mol. The zero-order valence-electron chi connectivity index (χ0n) is 21.3. The molecule has 0 rings (SSSR count). The minimum Gasteiger partial charge on any atom is -0.464 e. The Balaban J connectivity index is 3.80. The fraction of sp³-hybridized carbons (Fsp3) is 0.808. The van der Waals surface area contributed by atoms with Crippen molar-refractivity contribution in [3.63, 3.8) is 0 Å². The molecule has 0 spiro atoms. The van der Waals surface area contributed by atoms with Crippen LogP contribution in [0.1, 0.15) is 117 Å². The van der Waals surface area contributed by atoms with E-state index < -0.39 is 12.0 Å². The van der Waals surface area contributed by atoms with E-state index in [1.165, 1.54) is 57.8 Å². The first-order chi connectivity index (χ1) is 16.0. The van der Waals surface area contributed by atoms with Gasteiger partial charge in [0.1, 0.15) is 6.04 Å². The molecule has 1 atom stereocenters. The predicted molar refractivity (Wildman–Crippen MR) is 138 cm³/mol. The molecule has 0 bridgehead atoms. The summed E-state index contributed by atoms with van der Waals surface area (Å²) in [7, 11) is 0. The van der Waals surface area contributed by atoms with Crippen LogP contribution in [-0.4, -0.2) is 37.0 Å². The van der Waals surface area contributed by atoms with Crippen molar-refractivity contribution in [2.24, 2.45) is 16.5 Å². The van der Waals surface area contributed by atoms with Crippen LogP contribution in [0.25, 0.3) is 0 Å². The number of rotatable bonds is 22. The molecule has 33 heavy (non-hydrogen) atoms. The molecule has 0 saturated carbocycles. The number of allylic oxidation sites excluding steroid dienone is 2. The first kappa shape index (κ1) is 30.9. The fourth-order valence-corrected chi connectivity index (χ4v) is 3.62. The fourth-order valence-electron chi connectivity index (χ4n) is 3.62. The molecule has 0 fully saturated rings. The summed E-state index contributed by atoms with van der Waals surface area (Å²) in [5.41, 5.74) is 10.6. The molecule has 0 heterocycles. The Morgan fingerprint density at radius 2 is 1.42 bits per heavy atom. The van der Waals surface area contributed by atoms with Crippen molar-refractivity contribution < 1.29 is 14.3 Å². The second kappa shape index (κ2) is 23.1. The quantitative estimate of drug-likeness (QED) is 0.0672. The number of carbonyl (C=O) groups excluding carboxylic acids is 2. The molecule has 0 radical (unpaired) electrons. The zero-order chi connectivity index (χ0) is 24.6. The van der Waals surface area contributed by atoms with Crippen LogP contribution in [0.5, 0.6) is 0 Å². The maximum absolute atomic E-state index is 12.2. The number of ether oxygens (including phenoxy) is 1. The van der Waals surface area contributed by atoms with Crippen LogP contribution in [0, 0.1) is 0 Å². The second-order valence-electron chi connectivity index (χ2n) is 8.66. The van der Waals surface area contributed by atoms with Gasteiger partial charge in [0.25, 0.3) is 0 Å². The van der Waals surface area contributed by atoms with Crippen LogP contribution in [-0.2, 0) is 14.3 Å². The van der Waals surface area contributed by atoms with Crippen LogP contribution in [0.2, 0.25) is 0 Å². The van der Waals surface area contributed by atoms with Gasteiger partial charge in [-0.15, -0.1) is 0 Å². The van der Waals surface area contributed by atoms with Gasteiger partial charge < -0.3 is 21.5 Å². The number of esters is 1. The van der Waals surface area contributed by atoms with Crippen molar-refractivity contribution in [3.05, 3.63) is 12.2 Å². The van der Waals surface area contributed by atoms with Crippen molar-refractivity contribution in [1.82, 2.24) is 5.32 Å². The molecule has 0 unspecified atom stereocenters. The van der Waals surface area contributed by atoms with Gasteiger partial charge in [-0.3, -0.25) is 9.79 Å². The van der Waals surface area contributed by atoms with Crippen LogP contribution < -0.4 is 16.8 Å². The minimum absolute atomic E-state index is 0.0240. The summed E-state index contributed by atoms with van der Waals surface area (Å²) in [5, 5.41) is 2.81. The summed E-state index contributed by atoms with van der Waals surface area (Å²) >= 11 is 0. The Hall–Kier alpha value is -2.05. The maximum Gasteiger partial charge on any atom is 0.328 e. The van der Waals surface area contributed by atoms with E-state index in [1.807, 2.05) is 0 Å². The third-order valence-corrected chi connectivity index (χ3v) is 5.52. The van der Waals surface area contributed by atoms with Crippen molar-refractivity contribution in [1.29, 1.82) is 0 Å². The molecule has 0 aliphatic rings. The van der Waals surface area contributed by atoms with E-state index in [0.29, 0.717) is 25.8 Å². The molecular formula is C26H50N4O3. The number of hydrogen-bond donors (Lipinski definition) is 3. The van der Waals surface area contributed by atoms with Gasteiger partial charge in [0, 0.05) is 13.0 Å². The van der Waals surface area contributed by atoms with Crippen LogP contribution in [0.15, 0.2) is 17.1 Å². The number of guanidine groups is 1. The zero-order valence-corrected chi connectivity index (χ0v) is 21.3. The third kappa shape index (κ3) is 21.6. The Labute approximate surface area is 202 Å². The van der Waals surface area contributed by atoms with Crippen molar-refractivity contribution in [2.45, 2.75) is 123 Å². The number of amides is 1.